The number of rotatable bonds is 7. The first kappa shape index (κ1) is 23.0. The Morgan fingerprint density at radius 2 is 1.86 bits per heavy atom. The third-order valence-corrected chi connectivity index (χ3v) is 5.70. The van der Waals surface area contributed by atoms with Crippen LogP contribution in [0.4, 0.5) is 11.5 Å². The van der Waals surface area contributed by atoms with Gasteiger partial charge in [-0.2, -0.15) is 5.10 Å². The normalized spacial score (nSPS) is 13.5. The van der Waals surface area contributed by atoms with Gasteiger partial charge >= 0.3 is 0 Å². The molecular weight excluding hydrogens is 460 g/mol. The molecule has 0 saturated carbocycles. The lowest BCUT2D eigenvalue weighted by molar-refractivity contribution is -0.127. The van der Waals surface area contributed by atoms with Crippen molar-refractivity contribution in [3.8, 4) is 28.7 Å². The van der Waals surface area contributed by atoms with E-state index in [9.17, 15) is 9.59 Å². The van der Waals surface area contributed by atoms with Crippen molar-refractivity contribution in [3.05, 3.63) is 73.1 Å². The number of nitrogens with zero attached hydrogens (tertiary/aromatic N) is 5. The number of carbonyl (C=O) groups excluding carboxylic acids is 2. The Morgan fingerprint density at radius 1 is 1.06 bits per heavy atom. The molecule has 4 aromatic rings. The molecule has 1 unspecified atom stereocenters. The van der Waals surface area contributed by atoms with E-state index in [2.05, 4.69) is 20.4 Å². The molecule has 1 N–H and O–H groups in total. The van der Waals surface area contributed by atoms with Crippen LogP contribution in [0.1, 0.15) is 13.3 Å². The van der Waals surface area contributed by atoms with Gasteiger partial charge in [0.2, 0.25) is 11.8 Å². The molecule has 0 radical (unpaired) electrons. The average Bonchev–Trinajstić information content (AvgIpc) is 3.46. The van der Waals surface area contributed by atoms with Crippen LogP contribution in [0.3, 0.4) is 0 Å². The number of amides is 2. The molecule has 2 amide bonds. The maximum absolute atomic E-state index is 13.6. The fourth-order valence-corrected chi connectivity index (χ4v) is 3.90. The van der Waals surface area contributed by atoms with E-state index in [4.69, 9.17) is 9.47 Å². The van der Waals surface area contributed by atoms with Gasteiger partial charge in [-0.25, -0.2) is 14.6 Å². The van der Waals surface area contributed by atoms with E-state index < -0.39 is 6.10 Å². The molecule has 182 valence electrons. The molecule has 36 heavy (non-hydrogen) atoms. The minimum absolute atomic E-state index is 0.161. The third kappa shape index (κ3) is 4.61. The molecular formula is C26H24N6O4. The Bertz CT molecular complexity index is 1390. The molecule has 5 rings (SSSR count). The number of aromatic nitrogens is 4. The number of nitrogens with one attached hydrogen (secondary N) is 1. The summed E-state index contributed by atoms with van der Waals surface area (Å²) in [6, 6.07) is 17.9. The average molecular weight is 485 g/mol. The van der Waals surface area contributed by atoms with Gasteiger partial charge in [-0.1, -0.05) is 13.0 Å². The van der Waals surface area contributed by atoms with Gasteiger partial charge in [-0.3, -0.25) is 14.5 Å². The maximum Gasteiger partial charge on any atom is 0.269 e. The van der Waals surface area contributed by atoms with Crippen LogP contribution in [-0.4, -0.2) is 51.3 Å². The van der Waals surface area contributed by atoms with Gasteiger partial charge in [-0.15, -0.1) is 0 Å². The summed E-state index contributed by atoms with van der Waals surface area (Å²) in [6.45, 7) is 1.70. The van der Waals surface area contributed by atoms with E-state index in [0.717, 1.165) is 5.69 Å². The van der Waals surface area contributed by atoms with Crippen molar-refractivity contribution >= 4 is 23.3 Å². The standard InChI is InChI=1S/C26H24N6O4/c1-3-22(36-18-10-8-17(9-11-18)32-15-5-14-27-32)26(34)31-16-23(33)28-21-13-12-20(30-25(21)31)19-6-4-7-24(29-19)35-2/h4-15,22H,3,16H2,1-2H3,(H,28,33). The monoisotopic (exact) mass is 484 g/mol. The van der Waals surface area contributed by atoms with Crippen LogP contribution in [0.2, 0.25) is 0 Å². The van der Waals surface area contributed by atoms with Crippen LogP contribution >= 0.6 is 0 Å². The Balaban J connectivity index is 1.41. The second-order valence-corrected chi connectivity index (χ2v) is 8.06. The molecule has 0 fully saturated rings. The number of benzene rings is 1. The fourth-order valence-electron chi connectivity index (χ4n) is 3.90. The Morgan fingerprint density at radius 3 is 2.58 bits per heavy atom. The number of methoxy groups -OCH3 is 1. The summed E-state index contributed by atoms with van der Waals surface area (Å²) >= 11 is 0. The van der Waals surface area contributed by atoms with E-state index in [-0.39, 0.29) is 18.4 Å². The minimum atomic E-state index is -0.806. The fraction of sp³-hybridized carbons (Fsp3) is 0.192. The van der Waals surface area contributed by atoms with Gasteiger partial charge in [-0.05, 0) is 55.0 Å². The number of fused-ring (bicyclic) bond motifs is 1. The summed E-state index contributed by atoms with van der Waals surface area (Å²) in [6.07, 6.45) is 3.14. The van der Waals surface area contributed by atoms with Crippen LogP contribution in [-0.2, 0) is 9.59 Å². The summed E-state index contributed by atoms with van der Waals surface area (Å²) in [5.41, 5.74) is 2.45. The molecule has 0 saturated heterocycles. The predicted octanol–water partition coefficient (Wildman–Crippen LogP) is 3.48. The number of pyridine rings is 2. The molecule has 0 aliphatic carbocycles. The van der Waals surface area contributed by atoms with Gasteiger partial charge in [0, 0.05) is 18.5 Å². The Hall–Kier alpha value is -4.73. The lowest BCUT2D eigenvalue weighted by Crippen LogP contribution is -2.48. The molecule has 10 heteroatoms. The largest absolute Gasteiger partial charge is 0.481 e. The molecule has 0 spiro atoms. The van der Waals surface area contributed by atoms with E-state index in [1.54, 1.807) is 47.3 Å². The maximum atomic E-state index is 13.6. The zero-order valence-corrected chi connectivity index (χ0v) is 19.8. The first-order chi connectivity index (χ1) is 17.6. The van der Waals surface area contributed by atoms with Crippen LogP contribution in [0.25, 0.3) is 17.1 Å². The molecule has 1 aliphatic heterocycles. The molecule has 3 aromatic heterocycles. The number of hydrogen-bond donors (Lipinski definition) is 1. The first-order valence-corrected chi connectivity index (χ1v) is 11.5. The second kappa shape index (κ2) is 9.87. The SMILES string of the molecule is CCC(Oc1ccc(-n2cccn2)cc1)C(=O)N1CC(=O)Nc2ccc(-c3cccc(OC)n3)nc21. The predicted molar refractivity (Wildman–Crippen MR) is 133 cm³/mol. The highest BCUT2D eigenvalue weighted by molar-refractivity contribution is 6.10. The third-order valence-electron chi connectivity index (χ3n) is 5.70. The molecule has 10 nitrogen and oxygen atoms in total. The zero-order chi connectivity index (χ0) is 25.1. The van der Waals surface area contributed by atoms with E-state index >= 15 is 0 Å². The van der Waals surface area contributed by atoms with Gasteiger partial charge < -0.3 is 14.8 Å². The molecule has 4 heterocycles. The summed E-state index contributed by atoms with van der Waals surface area (Å²) in [5.74, 6) is 0.676. The summed E-state index contributed by atoms with van der Waals surface area (Å²) in [4.78, 5) is 36.4. The van der Waals surface area contributed by atoms with Gasteiger partial charge in [0.25, 0.3) is 5.91 Å². The van der Waals surface area contributed by atoms with Gasteiger partial charge in [0.15, 0.2) is 11.9 Å². The van der Waals surface area contributed by atoms with Crippen molar-refractivity contribution in [3.63, 3.8) is 0 Å². The highest BCUT2D eigenvalue weighted by Gasteiger charge is 2.33. The lowest BCUT2D eigenvalue weighted by Gasteiger charge is -2.31. The Kier molecular flexibility index (Phi) is 6.31. The van der Waals surface area contributed by atoms with Crippen molar-refractivity contribution in [2.45, 2.75) is 19.4 Å². The molecule has 1 atom stereocenters. The number of hydrogen-bond acceptors (Lipinski definition) is 7. The van der Waals surface area contributed by atoms with E-state index in [1.165, 1.54) is 12.0 Å². The summed E-state index contributed by atoms with van der Waals surface area (Å²) in [5, 5.41) is 6.99. The van der Waals surface area contributed by atoms with Crippen LogP contribution in [0.15, 0.2) is 73.1 Å². The van der Waals surface area contributed by atoms with Crippen LogP contribution in [0, 0.1) is 0 Å². The van der Waals surface area contributed by atoms with Crippen molar-refractivity contribution in [1.82, 2.24) is 19.7 Å². The van der Waals surface area contributed by atoms with E-state index in [1.807, 2.05) is 37.4 Å². The number of carbonyl (C=O) groups is 2. The summed E-state index contributed by atoms with van der Waals surface area (Å²) < 4.78 is 13.0. The van der Waals surface area contributed by atoms with Crippen molar-refractivity contribution in [1.29, 1.82) is 0 Å². The quantitative estimate of drug-likeness (QED) is 0.427. The lowest BCUT2D eigenvalue weighted by atomic mass is 10.1. The van der Waals surface area contributed by atoms with Crippen molar-refractivity contribution in [2.24, 2.45) is 0 Å². The van der Waals surface area contributed by atoms with Crippen LogP contribution in [0.5, 0.6) is 11.6 Å². The highest BCUT2D eigenvalue weighted by atomic mass is 16.5. The molecule has 1 aliphatic rings. The minimum Gasteiger partial charge on any atom is -0.481 e. The Labute approximate surface area is 207 Å². The van der Waals surface area contributed by atoms with E-state index in [0.29, 0.717) is 40.9 Å². The van der Waals surface area contributed by atoms with Gasteiger partial charge in [0.05, 0.1) is 29.9 Å². The number of ether oxygens (including phenoxy) is 2. The van der Waals surface area contributed by atoms with Crippen molar-refractivity contribution in [2.75, 3.05) is 23.9 Å². The zero-order valence-electron chi connectivity index (χ0n) is 19.8. The molecule has 1 aromatic carbocycles. The smallest absolute Gasteiger partial charge is 0.269 e. The summed E-state index contributed by atoms with van der Waals surface area (Å²) in [7, 11) is 1.54. The van der Waals surface area contributed by atoms with Gasteiger partial charge in [0.1, 0.15) is 12.3 Å². The van der Waals surface area contributed by atoms with Crippen LogP contribution < -0.4 is 19.7 Å². The first-order valence-electron chi connectivity index (χ1n) is 11.5. The number of anilines is 2. The molecule has 0 bridgehead atoms. The highest BCUT2D eigenvalue weighted by Crippen LogP contribution is 2.32. The van der Waals surface area contributed by atoms with Crippen molar-refractivity contribution < 1.29 is 19.1 Å². The topological polar surface area (TPSA) is 111 Å². The second-order valence-electron chi connectivity index (χ2n) is 8.06.